The molecular weight excluding hydrogens is 412 g/mol. The molecule has 0 radical (unpaired) electrons. The SMILES string of the molecule is CC1(CNC(=O)C(CC(=O)O)NC(=O)OCC2c3ccccc3-c3ccccc32)COC1. The molecule has 1 aliphatic heterocycles. The van der Waals surface area contributed by atoms with E-state index in [2.05, 4.69) is 10.6 Å². The van der Waals surface area contributed by atoms with Crippen LogP contribution in [0.5, 0.6) is 0 Å². The van der Waals surface area contributed by atoms with Crippen molar-refractivity contribution in [3.63, 3.8) is 0 Å². The predicted molar refractivity (Wildman–Crippen MR) is 116 cm³/mol. The van der Waals surface area contributed by atoms with E-state index < -0.39 is 30.4 Å². The summed E-state index contributed by atoms with van der Waals surface area (Å²) in [6.07, 6.45) is -1.37. The summed E-state index contributed by atoms with van der Waals surface area (Å²) in [5.41, 5.74) is 4.17. The summed E-state index contributed by atoms with van der Waals surface area (Å²) >= 11 is 0. The summed E-state index contributed by atoms with van der Waals surface area (Å²) in [7, 11) is 0. The molecule has 2 aliphatic rings. The molecule has 2 amide bonds. The molecule has 3 N–H and O–H groups in total. The fourth-order valence-corrected chi connectivity index (χ4v) is 4.14. The number of carboxylic acids is 1. The van der Waals surface area contributed by atoms with Crippen molar-refractivity contribution in [2.24, 2.45) is 5.41 Å². The lowest BCUT2D eigenvalue weighted by atomic mass is 9.88. The highest BCUT2D eigenvalue weighted by Crippen LogP contribution is 2.44. The van der Waals surface area contributed by atoms with Crippen molar-refractivity contribution in [2.45, 2.75) is 25.3 Å². The number of amides is 2. The largest absolute Gasteiger partial charge is 0.481 e. The molecule has 2 aromatic carbocycles. The Morgan fingerprint density at radius 2 is 1.69 bits per heavy atom. The first-order chi connectivity index (χ1) is 15.4. The number of carbonyl (C=O) groups excluding carboxylic acids is 2. The van der Waals surface area contributed by atoms with Gasteiger partial charge in [0.05, 0.1) is 19.6 Å². The Morgan fingerprint density at radius 3 is 2.22 bits per heavy atom. The normalized spacial score (nSPS) is 16.8. The number of nitrogens with one attached hydrogen (secondary N) is 2. The summed E-state index contributed by atoms with van der Waals surface area (Å²) in [4.78, 5) is 36.2. The van der Waals surface area contributed by atoms with Crippen molar-refractivity contribution in [3.05, 3.63) is 59.7 Å². The van der Waals surface area contributed by atoms with E-state index in [0.29, 0.717) is 19.8 Å². The molecule has 0 bridgehead atoms. The quantitative estimate of drug-likeness (QED) is 0.584. The molecule has 1 aliphatic carbocycles. The maximum absolute atomic E-state index is 12.5. The number of aliphatic carboxylic acids is 1. The number of ether oxygens (including phenoxy) is 2. The second kappa shape index (κ2) is 9.00. The fraction of sp³-hybridized carbons (Fsp3) is 0.375. The first-order valence-corrected chi connectivity index (χ1v) is 10.5. The van der Waals surface area contributed by atoms with Gasteiger partial charge in [-0.25, -0.2) is 4.79 Å². The van der Waals surface area contributed by atoms with E-state index >= 15 is 0 Å². The molecule has 1 atom stereocenters. The maximum Gasteiger partial charge on any atom is 0.407 e. The van der Waals surface area contributed by atoms with Crippen LogP contribution in [-0.2, 0) is 19.1 Å². The molecule has 0 saturated carbocycles. The lowest BCUT2D eigenvalue weighted by Gasteiger charge is -2.38. The fourth-order valence-electron chi connectivity index (χ4n) is 4.14. The standard InChI is InChI=1S/C24H26N2O6/c1-24(13-31-14-24)12-25-22(29)20(10-21(27)28)26-23(30)32-11-19-17-8-4-2-6-15(17)16-7-3-5-9-18(16)19/h2-9,19-20H,10-14H2,1H3,(H,25,29)(H,26,30)(H,27,28). The predicted octanol–water partition coefficient (Wildman–Crippen LogP) is 2.52. The van der Waals surface area contributed by atoms with Gasteiger partial charge in [-0.1, -0.05) is 55.5 Å². The van der Waals surface area contributed by atoms with Crippen LogP contribution in [0.1, 0.15) is 30.4 Å². The minimum Gasteiger partial charge on any atom is -0.481 e. The molecule has 8 nitrogen and oxygen atoms in total. The number of carboxylic acid groups (broad SMARTS) is 1. The topological polar surface area (TPSA) is 114 Å². The number of hydrogen-bond acceptors (Lipinski definition) is 5. The van der Waals surface area contributed by atoms with Gasteiger partial charge >= 0.3 is 12.1 Å². The Morgan fingerprint density at radius 1 is 1.09 bits per heavy atom. The van der Waals surface area contributed by atoms with Crippen molar-refractivity contribution in [3.8, 4) is 11.1 Å². The Bertz CT molecular complexity index is 987. The van der Waals surface area contributed by atoms with E-state index in [-0.39, 0.29) is 17.9 Å². The van der Waals surface area contributed by atoms with E-state index in [1.165, 1.54) is 0 Å². The maximum atomic E-state index is 12.5. The third-order valence-electron chi connectivity index (χ3n) is 5.92. The van der Waals surface area contributed by atoms with Crippen LogP contribution >= 0.6 is 0 Å². The lowest BCUT2D eigenvalue weighted by molar-refractivity contribution is -0.140. The van der Waals surface area contributed by atoms with Crippen LogP contribution in [0.25, 0.3) is 11.1 Å². The molecule has 0 spiro atoms. The summed E-state index contributed by atoms with van der Waals surface area (Å²) in [5, 5.41) is 14.3. The molecule has 1 fully saturated rings. The van der Waals surface area contributed by atoms with Crippen molar-refractivity contribution in [2.75, 3.05) is 26.4 Å². The Balaban J connectivity index is 1.38. The second-order valence-electron chi connectivity index (χ2n) is 8.64. The van der Waals surface area contributed by atoms with Gasteiger partial charge in [0, 0.05) is 17.9 Å². The van der Waals surface area contributed by atoms with Gasteiger partial charge in [0.1, 0.15) is 12.6 Å². The second-order valence-corrected chi connectivity index (χ2v) is 8.64. The van der Waals surface area contributed by atoms with Gasteiger partial charge in [0.15, 0.2) is 0 Å². The van der Waals surface area contributed by atoms with E-state index in [0.717, 1.165) is 22.3 Å². The van der Waals surface area contributed by atoms with Gasteiger partial charge in [-0.3, -0.25) is 9.59 Å². The van der Waals surface area contributed by atoms with Gasteiger partial charge < -0.3 is 25.2 Å². The van der Waals surface area contributed by atoms with E-state index in [4.69, 9.17) is 14.6 Å². The van der Waals surface area contributed by atoms with Gasteiger partial charge in [-0.2, -0.15) is 0 Å². The highest BCUT2D eigenvalue weighted by Gasteiger charge is 2.35. The van der Waals surface area contributed by atoms with Crippen molar-refractivity contribution < 1.29 is 29.0 Å². The van der Waals surface area contributed by atoms with E-state index in [1.807, 2.05) is 55.5 Å². The first-order valence-electron chi connectivity index (χ1n) is 10.5. The molecule has 32 heavy (non-hydrogen) atoms. The van der Waals surface area contributed by atoms with Crippen LogP contribution in [0.3, 0.4) is 0 Å². The molecule has 1 saturated heterocycles. The van der Waals surface area contributed by atoms with Crippen molar-refractivity contribution in [1.82, 2.24) is 10.6 Å². The van der Waals surface area contributed by atoms with Gasteiger partial charge in [0.2, 0.25) is 5.91 Å². The third-order valence-corrected chi connectivity index (χ3v) is 5.92. The molecule has 2 aromatic rings. The summed E-state index contributed by atoms with van der Waals surface area (Å²) < 4.78 is 10.6. The summed E-state index contributed by atoms with van der Waals surface area (Å²) in [6.45, 7) is 3.43. The van der Waals surface area contributed by atoms with Crippen LogP contribution in [0, 0.1) is 5.41 Å². The summed E-state index contributed by atoms with van der Waals surface area (Å²) in [5.74, 6) is -1.88. The molecule has 4 rings (SSSR count). The highest BCUT2D eigenvalue weighted by atomic mass is 16.5. The van der Waals surface area contributed by atoms with Gasteiger partial charge in [0.25, 0.3) is 0 Å². The van der Waals surface area contributed by atoms with E-state index in [1.54, 1.807) is 0 Å². The molecular formula is C24H26N2O6. The van der Waals surface area contributed by atoms with Crippen LogP contribution in [0.15, 0.2) is 48.5 Å². The van der Waals surface area contributed by atoms with Gasteiger partial charge in [-0.05, 0) is 22.3 Å². The van der Waals surface area contributed by atoms with Crippen LogP contribution < -0.4 is 10.6 Å². The average Bonchev–Trinajstić information content (AvgIpc) is 3.08. The minimum absolute atomic E-state index is 0.0800. The lowest BCUT2D eigenvalue weighted by Crippen LogP contribution is -2.53. The molecule has 8 heteroatoms. The number of hydrogen-bond donors (Lipinski definition) is 3. The van der Waals surface area contributed by atoms with Crippen molar-refractivity contribution >= 4 is 18.0 Å². The zero-order valence-corrected chi connectivity index (χ0v) is 17.8. The van der Waals surface area contributed by atoms with Crippen LogP contribution in [-0.4, -0.2) is 55.5 Å². The molecule has 1 heterocycles. The highest BCUT2D eigenvalue weighted by molar-refractivity contribution is 5.89. The molecule has 1 unspecified atom stereocenters. The van der Waals surface area contributed by atoms with Crippen LogP contribution in [0.2, 0.25) is 0 Å². The number of benzene rings is 2. The number of fused-ring (bicyclic) bond motifs is 3. The Labute approximate surface area is 185 Å². The molecule has 0 aromatic heterocycles. The Hall–Kier alpha value is -3.39. The smallest absolute Gasteiger partial charge is 0.407 e. The number of alkyl carbamates (subject to hydrolysis) is 1. The summed E-state index contributed by atoms with van der Waals surface area (Å²) in [6, 6.07) is 14.7. The first kappa shape index (κ1) is 21.8. The zero-order valence-electron chi connectivity index (χ0n) is 17.8. The minimum atomic E-state index is -1.23. The van der Waals surface area contributed by atoms with E-state index in [9.17, 15) is 14.4 Å². The Kier molecular flexibility index (Phi) is 6.14. The van der Waals surface area contributed by atoms with Crippen molar-refractivity contribution in [1.29, 1.82) is 0 Å². The monoisotopic (exact) mass is 438 g/mol. The molecule has 168 valence electrons. The van der Waals surface area contributed by atoms with Crippen LogP contribution in [0.4, 0.5) is 4.79 Å². The third kappa shape index (κ3) is 4.60. The zero-order chi connectivity index (χ0) is 22.7. The number of carbonyl (C=O) groups is 3. The number of rotatable bonds is 8. The average molecular weight is 438 g/mol. The van der Waals surface area contributed by atoms with Gasteiger partial charge in [-0.15, -0.1) is 0 Å².